The summed E-state index contributed by atoms with van der Waals surface area (Å²) in [6.45, 7) is 0. The molecule has 0 saturated heterocycles. The molecule has 1 heterocycles. The van der Waals surface area contributed by atoms with Crippen LogP contribution < -0.4 is 4.90 Å². The van der Waals surface area contributed by atoms with Gasteiger partial charge in [-0.3, -0.25) is 0 Å². The minimum atomic E-state index is 1.10. The molecule has 0 amide bonds. The van der Waals surface area contributed by atoms with Gasteiger partial charge in [-0.05, 0) is 122 Å². The second-order valence-corrected chi connectivity index (χ2v) is 15.0. The Morgan fingerprint density at radius 2 is 0.672 bits per heavy atom. The third kappa shape index (κ3) is 5.91. The van der Waals surface area contributed by atoms with Crippen LogP contribution in [0.2, 0.25) is 0 Å². The summed E-state index contributed by atoms with van der Waals surface area (Å²) in [4.78, 5) is 2.36. The molecule has 0 fully saturated rings. The maximum absolute atomic E-state index is 2.43. The number of hydrogen-bond donors (Lipinski definition) is 0. The molecule has 10 aromatic carbocycles. The van der Waals surface area contributed by atoms with E-state index in [2.05, 4.69) is 240 Å². The van der Waals surface area contributed by atoms with E-state index in [1.807, 2.05) is 0 Å². The average molecular weight is 739 g/mol. The third-order valence-electron chi connectivity index (χ3n) is 11.5. The topological polar surface area (TPSA) is 8.17 Å². The van der Waals surface area contributed by atoms with E-state index in [0.29, 0.717) is 0 Å². The van der Waals surface area contributed by atoms with E-state index in [0.717, 1.165) is 28.3 Å². The molecule has 0 aliphatic rings. The SMILES string of the molecule is c1ccc(-c2ccc(N(c3ccc(-c4ccccc4)cc3)c3cccc(-c4cccc(-c5cccc(-n6c7cccc8ccc9cccc6c9c87)c5)c4)c3)cc2)cc1. The lowest BCUT2D eigenvalue weighted by atomic mass is 9.98. The molecule has 11 aromatic rings. The molecule has 2 heteroatoms. The molecule has 11 rings (SSSR count). The largest absolute Gasteiger partial charge is 0.310 e. The van der Waals surface area contributed by atoms with E-state index >= 15 is 0 Å². The maximum Gasteiger partial charge on any atom is 0.0547 e. The highest BCUT2D eigenvalue weighted by atomic mass is 15.1. The van der Waals surface area contributed by atoms with Gasteiger partial charge < -0.3 is 9.47 Å². The van der Waals surface area contributed by atoms with Crippen LogP contribution in [0.1, 0.15) is 0 Å². The molecule has 272 valence electrons. The van der Waals surface area contributed by atoms with Crippen molar-refractivity contribution < 1.29 is 0 Å². The van der Waals surface area contributed by atoms with Gasteiger partial charge in [0.15, 0.2) is 0 Å². The van der Waals surface area contributed by atoms with E-state index in [-0.39, 0.29) is 0 Å². The first-order valence-electron chi connectivity index (χ1n) is 19.9. The highest BCUT2D eigenvalue weighted by Gasteiger charge is 2.18. The van der Waals surface area contributed by atoms with Gasteiger partial charge in [0.2, 0.25) is 0 Å². The average Bonchev–Trinajstić information content (AvgIpc) is 3.65. The van der Waals surface area contributed by atoms with Crippen LogP contribution >= 0.6 is 0 Å². The Morgan fingerprint density at radius 1 is 0.259 bits per heavy atom. The minimum Gasteiger partial charge on any atom is -0.310 e. The van der Waals surface area contributed by atoms with Crippen LogP contribution in [-0.2, 0) is 0 Å². The molecule has 1 aromatic heterocycles. The van der Waals surface area contributed by atoms with Gasteiger partial charge in [0, 0.05) is 33.5 Å². The van der Waals surface area contributed by atoms with Crippen molar-refractivity contribution in [1.29, 1.82) is 0 Å². The molecular formula is C56H38N2. The van der Waals surface area contributed by atoms with Gasteiger partial charge in [-0.1, -0.05) is 164 Å². The van der Waals surface area contributed by atoms with Crippen molar-refractivity contribution >= 4 is 49.6 Å². The highest BCUT2D eigenvalue weighted by molar-refractivity contribution is 6.24. The van der Waals surface area contributed by atoms with Gasteiger partial charge in [-0.25, -0.2) is 0 Å². The Morgan fingerprint density at radius 3 is 1.21 bits per heavy atom. The Balaban J connectivity index is 0.973. The molecular weight excluding hydrogens is 701 g/mol. The predicted octanol–water partition coefficient (Wildman–Crippen LogP) is 15.5. The van der Waals surface area contributed by atoms with E-state index in [9.17, 15) is 0 Å². The molecule has 0 unspecified atom stereocenters. The highest BCUT2D eigenvalue weighted by Crippen LogP contribution is 2.41. The second-order valence-electron chi connectivity index (χ2n) is 15.0. The Hall–Kier alpha value is -7.68. The normalized spacial score (nSPS) is 11.4. The molecule has 0 spiro atoms. The van der Waals surface area contributed by atoms with Crippen molar-refractivity contribution in [3.63, 3.8) is 0 Å². The lowest BCUT2D eigenvalue weighted by Crippen LogP contribution is -2.10. The molecule has 0 aliphatic heterocycles. The summed E-state index contributed by atoms with van der Waals surface area (Å²) in [7, 11) is 0. The van der Waals surface area contributed by atoms with E-state index < -0.39 is 0 Å². The molecule has 0 aliphatic carbocycles. The van der Waals surface area contributed by atoms with Crippen LogP contribution in [0.4, 0.5) is 17.1 Å². The van der Waals surface area contributed by atoms with Crippen LogP contribution in [-0.4, -0.2) is 4.57 Å². The smallest absolute Gasteiger partial charge is 0.0547 e. The van der Waals surface area contributed by atoms with E-state index in [1.165, 1.54) is 71.5 Å². The summed E-state index contributed by atoms with van der Waals surface area (Å²) in [6, 6.07) is 83.6. The van der Waals surface area contributed by atoms with Crippen molar-refractivity contribution in [3.05, 3.63) is 231 Å². The van der Waals surface area contributed by atoms with Crippen molar-refractivity contribution in [2.45, 2.75) is 0 Å². The quantitative estimate of drug-likeness (QED) is 0.141. The number of benzene rings is 10. The number of aromatic nitrogens is 1. The summed E-state index contributed by atoms with van der Waals surface area (Å²) < 4.78 is 2.43. The summed E-state index contributed by atoms with van der Waals surface area (Å²) >= 11 is 0. The van der Waals surface area contributed by atoms with Gasteiger partial charge in [-0.2, -0.15) is 0 Å². The molecule has 0 radical (unpaired) electrons. The Labute approximate surface area is 338 Å². The lowest BCUT2D eigenvalue weighted by molar-refractivity contribution is 1.18. The van der Waals surface area contributed by atoms with Gasteiger partial charge >= 0.3 is 0 Å². The minimum absolute atomic E-state index is 1.10. The molecule has 2 nitrogen and oxygen atoms in total. The molecule has 0 saturated carbocycles. The first-order chi connectivity index (χ1) is 28.7. The standard InChI is InChI=1S/C56H38N2/c1-3-12-39(13-4-1)41-28-32-49(33-29-41)57(50-34-30-42(31-35-50)40-14-5-2-6-15-40)51-22-8-20-47(37-51)45-18-7-19-46(36-45)48-21-9-23-52(38-48)58-53-24-10-16-43-26-27-44-17-11-25-54(58)56(44)55(43)53/h1-38H. The van der Waals surface area contributed by atoms with E-state index in [1.54, 1.807) is 0 Å². The first kappa shape index (κ1) is 33.6. The fourth-order valence-electron chi connectivity index (χ4n) is 8.74. The summed E-state index contributed by atoms with van der Waals surface area (Å²) in [5, 5.41) is 5.21. The molecule has 0 N–H and O–H groups in total. The maximum atomic E-state index is 2.43. The monoisotopic (exact) mass is 738 g/mol. The van der Waals surface area contributed by atoms with Crippen molar-refractivity contribution in [1.82, 2.24) is 4.57 Å². The summed E-state index contributed by atoms with van der Waals surface area (Å²) in [5.41, 5.74) is 16.5. The number of hydrogen-bond acceptors (Lipinski definition) is 1. The predicted molar refractivity (Wildman–Crippen MR) is 246 cm³/mol. The fourth-order valence-corrected chi connectivity index (χ4v) is 8.74. The van der Waals surface area contributed by atoms with Gasteiger partial charge in [-0.15, -0.1) is 0 Å². The second kappa shape index (κ2) is 14.1. The number of anilines is 3. The number of nitrogens with zero attached hydrogens (tertiary/aromatic N) is 2. The summed E-state index contributed by atoms with van der Waals surface area (Å²) in [5.74, 6) is 0. The Bertz CT molecular complexity index is 3050. The van der Waals surface area contributed by atoms with Crippen LogP contribution in [0.15, 0.2) is 231 Å². The Kier molecular flexibility index (Phi) is 8.19. The van der Waals surface area contributed by atoms with E-state index in [4.69, 9.17) is 0 Å². The van der Waals surface area contributed by atoms with Crippen LogP contribution in [0.3, 0.4) is 0 Å². The van der Waals surface area contributed by atoms with Gasteiger partial charge in [0.1, 0.15) is 0 Å². The van der Waals surface area contributed by atoms with Crippen molar-refractivity contribution in [2.24, 2.45) is 0 Å². The zero-order valence-electron chi connectivity index (χ0n) is 31.8. The third-order valence-corrected chi connectivity index (χ3v) is 11.5. The van der Waals surface area contributed by atoms with Crippen molar-refractivity contribution in [2.75, 3.05) is 4.90 Å². The first-order valence-corrected chi connectivity index (χ1v) is 19.9. The summed E-state index contributed by atoms with van der Waals surface area (Å²) in [6.07, 6.45) is 0. The lowest BCUT2D eigenvalue weighted by Gasteiger charge is -2.26. The number of rotatable bonds is 8. The zero-order valence-corrected chi connectivity index (χ0v) is 31.8. The van der Waals surface area contributed by atoms with Gasteiger partial charge in [0.05, 0.1) is 11.0 Å². The molecule has 0 atom stereocenters. The molecule has 0 bridgehead atoms. The fraction of sp³-hybridized carbons (Fsp3) is 0. The zero-order chi connectivity index (χ0) is 38.4. The molecule has 58 heavy (non-hydrogen) atoms. The van der Waals surface area contributed by atoms with Gasteiger partial charge in [0.25, 0.3) is 0 Å². The van der Waals surface area contributed by atoms with Crippen LogP contribution in [0.25, 0.3) is 82.8 Å². The van der Waals surface area contributed by atoms with Crippen LogP contribution in [0.5, 0.6) is 0 Å². The van der Waals surface area contributed by atoms with Crippen molar-refractivity contribution in [3.8, 4) is 50.2 Å². The van der Waals surface area contributed by atoms with Crippen LogP contribution in [0, 0.1) is 0 Å².